The van der Waals surface area contributed by atoms with Gasteiger partial charge in [0, 0.05) is 35.4 Å². The van der Waals surface area contributed by atoms with E-state index < -0.39 is 16.7 Å². The van der Waals surface area contributed by atoms with E-state index in [1.807, 2.05) is 0 Å². The van der Waals surface area contributed by atoms with Crippen LogP contribution in [0.2, 0.25) is 0 Å². The summed E-state index contributed by atoms with van der Waals surface area (Å²) in [5, 5.41) is 17.8. The molecule has 0 saturated carbocycles. The number of furan rings is 2. The van der Waals surface area contributed by atoms with Crippen molar-refractivity contribution in [1.29, 1.82) is 0 Å². The molecule has 0 spiro atoms. The molecular weight excluding hydrogens is 404 g/mol. The largest absolute Gasteiger partial charge is 0.459 e. The number of nitrogens with one attached hydrogen (secondary N) is 2. The molecule has 10 heteroatoms. The number of nitrogens with zero attached hydrogens (tertiary/aromatic N) is 2. The van der Waals surface area contributed by atoms with E-state index >= 15 is 0 Å². The summed E-state index contributed by atoms with van der Waals surface area (Å²) in [5.41, 5.74) is 4.51. The first kappa shape index (κ1) is 20.1. The van der Waals surface area contributed by atoms with E-state index in [0.717, 1.165) is 6.42 Å². The Hall–Kier alpha value is -4.21. The summed E-state index contributed by atoms with van der Waals surface area (Å²) in [4.78, 5) is 35.3. The monoisotopic (exact) mass is 422 g/mol. The Balaban J connectivity index is 1.57. The molecule has 1 aliphatic carbocycles. The zero-order chi connectivity index (χ0) is 22.0. The van der Waals surface area contributed by atoms with E-state index in [9.17, 15) is 19.7 Å². The first-order chi connectivity index (χ1) is 14.9. The number of rotatable bonds is 5. The molecule has 3 aromatic rings. The number of aryl methyl sites for hydroxylation is 1. The molecule has 0 bridgehead atoms. The van der Waals surface area contributed by atoms with Gasteiger partial charge in [-0.1, -0.05) is 6.07 Å². The molecule has 0 saturated heterocycles. The number of fused-ring (bicyclic) bond motifs is 1. The molecule has 10 nitrogen and oxygen atoms in total. The Morgan fingerprint density at radius 1 is 1.16 bits per heavy atom. The lowest BCUT2D eigenvalue weighted by Crippen LogP contribution is -2.21. The SMILES string of the molecule is Cc1c(C(=O)Nc2cccc([N+](=O)[O-])c2)oc2c1/C(=N/NC(=O)c1ccco1)CCC2. The number of carbonyl (C=O) groups excluding carboxylic acids is 2. The number of anilines is 1. The molecule has 1 aliphatic rings. The number of benzene rings is 1. The lowest BCUT2D eigenvalue weighted by atomic mass is 9.93. The summed E-state index contributed by atoms with van der Waals surface area (Å²) >= 11 is 0. The van der Waals surface area contributed by atoms with Crippen LogP contribution in [-0.2, 0) is 6.42 Å². The topological polar surface area (TPSA) is 140 Å². The Labute approximate surface area is 176 Å². The molecule has 4 rings (SSSR count). The average Bonchev–Trinajstić information content (AvgIpc) is 3.41. The van der Waals surface area contributed by atoms with Crippen LogP contribution in [-0.4, -0.2) is 22.4 Å². The second kappa shape index (κ2) is 8.27. The molecule has 31 heavy (non-hydrogen) atoms. The standard InChI is InChI=1S/C21H18N4O6/c1-12-18-15(23-24-20(26)17-9-4-10-30-17)7-3-8-16(18)31-19(12)21(27)22-13-5-2-6-14(11-13)25(28)29/h2,4-6,9-11H,3,7-8H2,1H3,(H,22,27)(H,24,26)/b23-15+. The fraction of sp³-hybridized carbons (Fsp3) is 0.190. The number of hydrogen-bond donors (Lipinski definition) is 2. The maximum atomic E-state index is 12.8. The Kier molecular flexibility index (Phi) is 5.35. The van der Waals surface area contributed by atoms with Gasteiger partial charge in [0.05, 0.1) is 16.9 Å². The first-order valence-corrected chi connectivity index (χ1v) is 9.53. The number of hydrazone groups is 1. The molecule has 158 valence electrons. The molecule has 0 fully saturated rings. The molecule has 0 unspecified atom stereocenters. The van der Waals surface area contributed by atoms with Crippen molar-refractivity contribution in [3.63, 3.8) is 0 Å². The quantitative estimate of drug-likeness (QED) is 0.473. The van der Waals surface area contributed by atoms with Crippen molar-refractivity contribution in [3.05, 3.63) is 81.2 Å². The highest BCUT2D eigenvalue weighted by atomic mass is 16.6. The van der Waals surface area contributed by atoms with Crippen LogP contribution in [0.4, 0.5) is 11.4 Å². The third-order valence-corrected chi connectivity index (χ3v) is 4.88. The normalized spacial score (nSPS) is 14.2. The van der Waals surface area contributed by atoms with Gasteiger partial charge < -0.3 is 14.2 Å². The number of non-ortho nitro benzene ring substituents is 1. The van der Waals surface area contributed by atoms with Crippen molar-refractivity contribution in [2.75, 3.05) is 5.32 Å². The average molecular weight is 422 g/mol. The summed E-state index contributed by atoms with van der Waals surface area (Å²) in [6, 6.07) is 8.79. The Morgan fingerprint density at radius 2 is 2.00 bits per heavy atom. The van der Waals surface area contributed by atoms with Crippen LogP contribution in [0.5, 0.6) is 0 Å². The fourth-order valence-electron chi connectivity index (χ4n) is 3.46. The molecule has 0 aliphatic heterocycles. The zero-order valence-electron chi connectivity index (χ0n) is 16.5. The number of nitro groups is 1. The minimum atomic E-state index is -0.535. The number of nitro benzene ring substituents is 1. The van der Waals surface area contributed by atoms with Crippen LogP contribution < -0.4 is 10.7 Å². The van der Waals surface area contributed by atoms with Gasteiger partial charge in [0.2, 0.25) is 0 Å². The highest BCUT2D eigenvalue weighted by molar-refractivity contribution is 6.09. The van der Waals surface area contributed by atoms with E-state index in [-0.39, 0.29) is 22.9 Å². The highest BCUT2D eigenvalue weighted by Crippen LogP contribution is 2.30. The van der Waals surface area contributed by atoms with E-state index in [1.165, 1.54) is 30.5 Å². The number of carbonyl (C=O) groups is 2. The second-order valence-electron chi connectivity index (χ2n) is 6.95. The van der Waals surface area contributed by atoms with E-state index in [1.54, 1.807) is 19.1 Å². The summed E-state index contributed by atoms with van der Waals surface area (Å²) < 4.78 is 10.8. The maximum absolute atomic E-state index is 12.8. The van der Waals surface area contributed by atoms with Crippen LogP contribution in [0.3, 0.4) is 0 Å². The highest BCUT2D eigenvalue weighted by Gasteiger charge is 2.28. The van der Waals surface area contributed by atoms with Crippen molar-refractivity contribution in [1.82, 2.24) is 5.43 Å². The van der Waals surface area contributed by atoms with Gasteiger partial charge in [-0.25, -0.2) is 5.43 Å². The summed E-state index contributed by atoms with van der Waals surface area (Å²) in [7, 11) is 0. The molecule has 0 radical (unpaired) electrons. The van der Waals surface area contributed by atoms with Crippen LogP contribution in [0, 0.1) is 17.0 Å². The van der Waals surface area contributed by atoms with Crippen molar-refractivity contribution in [2.24, 2.45) is 5.10 Å². The van der Waals surface area contributed by atoms with E-state index in [0.29, 0.717) is 35.4 Å². The Morgan fingerprint density at radius 3 is 2.74 bits per heavy atom. The Bertz CT molecular complexity index is 1190. The van der Waals surface area contributed by atoms with Crippen molar-refractivity contribution in [2.45, 2.75) is 26.2 Å². The van der Waals surface area contributed by atoms with Gasteiger partial charge in [0.25, 0.3) is 11.6 Å². The van der Waals surface area contributed by atoms with Crippen molar-refractivity contribution >= 4 is 28.9 Å². The van der Waals surface area contributed by atoms with Crippen LogP contribution in [0.1, 0.15) is 50.8 Å². The van der Waals surface area contributed by atoms with Crippen LogP contribution >= 0.6 is 0 Å². The van der Waals surface area contributed by atoms with Gasteiger partial charge in [-0.15, -0.1) is 0 Å². The molecule has 2 aromatic heterocycles. The summed E-state index contributed by atoms with van der Waals surface area (Å²) in [6.45, 7) is 1.74. The lowest BCUT2D eigenvalue weighted by Gasteiger charge is -2.13. The van der Waals surface area contributed by atoms with Gasteiger partial charge in [-0.3, -0.25) is 19.7 Å². The number of amides is 2. The van der Waals surface area contributed by atoms with Crippen LogP contribution in [0.25, 0.3) is 0 Å². The summed E-state index contributed by atoms with van der Waals surface area (Å²) in [5.74, 6) is -0.149. The smallest absolute Gasteiger partial charge is 0.307 e. The van der Waals surface area contributed by atoms with Crippen molar-refractivity contribution < 1.29 is 23.3 Å². The molecule has 2 N–H and O–H groups in total. The van der Waals surface area contributed by atoms with Crippen molar-refractivity contribution in [3.8, 4) is 0 Å². The number of hydrogen-bond acceptors (Lipinski definition) is 7. The maximum Gasteiger partial charge on any atom is 0.307 e. The molecule has 2 heterocycles. The van der Waals surface area contributed by atoms with Crippen LogP contribution in [0.15, 0.2) is 56.6 Å². The minimum absolute atomic E-state index is 0.100. The molecule has 0 atom stereocenters. The van der Waals surface area contributed by atoms with Gasteiger partial charge >= 0.3 is 5.91 Å². The summed E-state index contributed by atoms with van der Waals surface area (Å²) in [6.07, 6.45) is 3.39. The minimum Gasteiger partial charge on any atom is -0.459 e. The van der Waals surface area contributed by atoms with Gasteiger partial charge in [0.15, 0.2) is 11.5 Å². The predicted molar refractivity (Wildman–Crippen MR) is 110 cm³/mol. The van der Waals surface area contributed by atoms with Gasteiger partial charge in [-0.05, 0) is 38.0 Å². The molecule has 1 aromatic carbocycles. The van der Waals surface area contributed by atoms with E-state index in [2.05, 4.69) is 15.8 Å². The fourth-order valence-corrected chi connectivity index (χ4v) is 3.46. The predicted octanol–water partition coefficient (Wildman–Crippen LogP) is 3.81. The van der Waals surface area contributed by atoms with Gasteiger partial charge in [0.1, 0.15) is 5.76 Å². The van der Waals surface area contributed by atoms with Gasteiger partial charge in [-0.2, -0.15) is 5.10 Å². The van der Waals surface area contributed by atoms with E-state index in [4.69, 9.17) is 8.83 Å². The lowest BCUT2D eigenvalue weighted by molar-refractivity contribution is -0.384. The third-order valence-electron chi connectivity index (χ3n) is 4.88. The molecule has 2 amide bonds. The third kappa shape index (κ3) is 4.08. The molecular formula is C21H18N4O6. The first-order valence-electron chi connectivity index (χ1n) is 9.53. The second-order valence-corrected chi connectivity index (χ2v) is 6.95. The zero-order valence-corrected chi connectivity index (χ0v) is 16.5.